The van der Waals surface area contributed by atoms with Gasteiger partial charge in [-0.3, -0.25) is 9.36 Å². The average Bonchev–Trinajstić information content (AvgIpc) is 2.80. The lowest BCUT2D eigenvalue weighted by atomic mass is 10.1. The van der Waals surface area contributed by atoms with Gasteiger partial charge < -0.3 is 28.0 Å². The Labute approximate surface area is 204 Å². The van der Waals surface area contributed by atoms with E-state index in [1.807, 2.05) is 0 Å². The van der Waals surface area contributed by atoms with Gasteiger partial charge in [-0.1, -0.05) is 0 Å². The summed E-state index contributed by atoms with van der Waals surface area (Å²) in [7, 11) is -3.16. The first-order chi connectivity index (χ1) is 16.5. The number of ketones is 1. The average molecular weight is 522 g/mol. The molecule has 0 saturated heterocycles. The Morgan fingerprint density at radius 3 is 2.23 bits per heavy atom. The van der Waals surface area contributed by atoms with E-state index in [1.165, 1.54) is 34.0 Å². The van der Waals surface area contributed by atoms with Gasteiger partial charge in [-0.25, -0.2) is 4.79 Å². The topological polar surface area (TPSA) is 107 Å². The van der Waals surface area contributed by atoms with Gasteiger partial charge in [-0.15, -0.1) is 0 Å². The minimum Gasteiger partial charge on any atom is -0.496 e. The summed E-state index contributed by atoms with van der Waals surface area (Å²) in [6.07, 6.45) is 0.535. The summed E-state index contributed by atoms with van der Waals surface area (Å²) in [5.74, 6) is -0.448. The van der Waals surface area contributed by atoms with Crippen LogP contribution >= 0.6 is 7.60 Å². The molecule has 0 saturated carbocycles. The summed E-state index contributed by atoms with van der Waals surface area (Å²) in [6.45, 7) is 5.25. The van der Waals surface area contributed by atoms with Crippen LogP contribution in [0.2, 0.25) is 0 Å². The number of Topliss-reactive ketones (excluding diaryl/α,β-unsaturated/α-hetero) is 1. The van der Waals surface area contributed by atoms with Gasteiger partial charge in [-0.05, 0) is 45.9 Å². The number of esters is 1. The van der Waals surface area contributed by atoms with E-state index in [2.05, 4.69) is 0 Å². The molecule has 0 atom stereocenters. The maximum Gasteiger partial charge on any atom is 0.399 e. The van der Waals surface area contributed by atoms with Crippen LogP contribution in [0.4, 0.5) is 8.78 Å². The number of carbonyl (C=O) groups excluding carboxylic acids is 2. The third-order valence-corrected chi connectivity index (χ3v) is 6.64. The van der Waals surface area contributed by atoms with Crippen molar-refractivity contribution in [3.8, 4) is 11.5 Å². The van der Waals surface area contributed by atoms with Crippen LogP contribution in [0.3, 0.4) is 0 Å². The molecule has 35 heavy (non-hydrogen) atoms. The molecule has 9 nitrogen and oxygen atoms in total. The zero-order valence-electron chi connectivity index (χ0n) is 20.6. The van der Waals surface area contributed by atoms with Gasteiger partial charge in [-0.2, -0.15) is 8.78 Å². The molecule has 0 amide bonds. The SMILES string of the molecule is CCOC(=O)/C(=C/c1ccc(OCCOCCC(F)(F)P(=O)(OCC)OCC)cc1OC)C(C)=O. The molecule has 198 valence electrons. The fourth-order valence-corrected chi connectivity index (χ4v) is 4.28. The highest BCUT2D eigenvalue weighted by molar-refractivity contribution is 7.55. The Hall–Kier alpha value is -2.33. The highest BCUT2D eigenvalue weighted by Crippen LogP contribution is 2.63. The molecule has 0 spiro atoms. The molecule has 0 aliphatic heterocycles. The van der Waals surface area contributed by atoms with E-state index >= 15 is 0 Å². The Kier molecular flexibility index (Phi) is 13.1. The number of benzene rings is 1. The molecule has 0 aliphatic carbocycles. The van der Waals surface area contributed by atoms with Crippen LogP contribution in [0.5, 0.6) is 11.5 Å². The number of hydrogen-bond donors (Lipinski definition) is 0. The van der Waals surface area contributed by atoms with Crippen molar-refractivity contribution in [1.29, 1.82) is 0 Å². The number of carbonyl (C=O) groups is 2. The van der Waals surface area contributed by atoms with Crippen LogP contribution in [0.1, 0.15) is 39.7 Å². The lowest BCUT2D eigenvalue weighted by Gasteiger charge is -2.25. The van der Waals surface area contributed by atoms with Gasteiger partial charge in [0.2, 0.25) is 0 Å². The summed E-state index contributed by atoms with van der Waals surface area (Å²) >= 11 is 0. The second kappa shape index (κ2) is 14.9. The third-order valence-electron chi connectivity index (χ3n) is 4.42. The van der Waals surface area contributed by atoms with Crippen LogP contribution in [0, 0.1) is 0 Å². The second-order valence-corrected chi connectivity index (χ2v) is 9.11. The monoisotopic (exact) mass is 522 g/mol. The van der Waals surface area contributed by atoms with Crippen LogP contribution in [0.25, 0.3) is 6.08 Å². The molecule has 12 heteroatoms. The first-order valence-electron chi connectivity index (χ1n) is 11.1. The highest BCUT2D eigenvalue weighted by Gasteiger charge is 2.52. The van der Waals surface area contributed by atoms with E-state index in [0.29, 0.717) is 17.1 Å². The molecule has 0 aromatic heterocycles. The van der Waals surface area contributed by atoms with Crippen molar-refractivity contribution in [2.45, 2.75) is 39.8 Å². The van der Waals surface area contributed by atoms with Crippen molar-refractivity contribution in [2.24, 2.45) is 0 Å². The van der Waals surface area contributed by atoms with Crippen LogP contribution in [0.15, 0.2) is 23.8 Å². The second-order valence-electron chi connectivity index (χ2n) is 6.95. The number of ether oxygens (including phenoxy) is 4. The highest BCUT2D eigenvalue weighted by atomic mass is 31.2. The number of rotatable bonds is 17. The van der Waals surface area contributed by atoms with Gasteiger partial charge in [0.05, 0.1) is 40.1 Å². The minimum atomic E-state index is -4.58. The zero-order valence-corrected chi connectivity index (χ0v) is 21.5. The van der Waals surface area contributed by atoms with E-state index < -0.39 is 31.4 Å². The predicted molar refractivity (Wildman–Crippen MR) is 125 cm³/mol. The summed E-state index contributed by atoms with van der Waals surface area (Å²) in [6, 6.07) is 4.73. The minimum absolute atomic E-state index is 0.00896. The largest absolute Gasteiger partial charge is 0.496 e. The summed E-state index contributed by atoms with van der Waals surface area (Å²) in [5, 5.41) is 0. The smallest absolute Gasteiger partial charge is 0.399 e. The van der Waals surface area contributed by atoms with Crippen molar-refractivity contribution in [2.75, 3.05) is 46.8 Å². The maximum absolute atomic E-state index is 14.3. The summed E-state index contributed by atoms with van der Waals surface area (Å²) in [5.41, 5.74) is -3.34. The fourth-order valence-electron chi connectivity index (χ4n) is 2.79. The first kappa shape index (κ1) is 30.7. The van der Waals surface area contributed by atoms with Crippen molar-refractivity contribution in [3.05, 3.63) is 29.3 Å². The molecular weight excluding hydrogens is 489 g/mol. The van der Waals surface area contributed by atoms with Crippen molar-refractivity contribution >= 4 is 25.4 Å². The van der Waals surface area contributed by atoms with E-state index in [0.717, 1.165) is 0 Å². The molecule has 0 aliphatic rings. The van der Waals surface area contributed by atoms with Gasteiger partial charge in [0.1, 0.15) is 23.7 Å². The van der Waals surface area contributed by atoms with Crippen LogP contribution < -0.4 is 9.47 Å². The van der Waals surface area contributed by atoms with E-state index in [9.17, 15) is 22.9 Å². The Bertz CT molecular complexity index is 908. The first-order valence-corrected chi connectivity index (χ1v) is 12.6. The molecule has 0 bridgehead atoms. The van der Waals surface area contributed by atoms with Crippen molar-refractivity contribution in [1.82, 2.24) is 0 Å². The predicted octanol–water partition coefficient (Wildman–Crippen LogP) is 4.88. The zero-order chi connectivity index (χ0) is 26.5. The van der Waals surface area contributed by atoms with Crippen molar-refractivity contribution < 1.29 is 50.9 Å². The lowest BCUT2D eigenvalue weighted by Crippen LogP contribution is -2.23. The van der Waals surface area contributed by atoms with E-state index in [4.69, 9.17) is 28.0 Å². The standard InChI is InChI=1S/C23H33F2O9P/c1-6-31-22(27)20(17(4)26)15-18-9-10-19(16-21(18)29-5)32-14-13-30-12-11-23(24,25)35(28,33-7-2)34-8-3/h9-10,15-16H,6-8,11-14H2,1-5H3/b20-15+. The summed E-state index contributed by atoms with van der Waals surface area (Å²) in [4.78, 5) is 23.8. The number of halogens is 2. The molecular formula is C23H33F2O9P. The van der Waals surface area contributed by atoms with Gasteiger partial charge in [0.25, 0.3) is 0 Å². The molecule has 0 fully saturated rings. The molecule has 1 rings (SSSR count). The Balaban J connectivity index is 2.68. The van der Waals surface area contributed by atoms with Crippen molar-refractivity contribution in [3.63, 3.8) is 0 Å². The Morgan fingerprint density at radius 1 is 1.03 bits per heavy atom. The molecule has 1 aromatic carbocycles. The number of hydrogen-bond acceptors (Lipinski definition) is 9. The molecule has 1 aromatic rings. The molecule has 0 N–H and O–H groups in total. The summed E-state index contributed by atoms with van der Waals surface area (Å²) < 4.78 is 71.2. The molecule has 0 radical (unpaired) electrons. The van der Waals surface area contributed by atoms with Crippen LogP contribution in [-0.4, -0.2) is 64.2 Å². The quantitative estimate of drug-likeness (QED) is 0.0707. The fraction of sp³-hybridized carbons (Fsp3) is 0.565. The van der Waals surface area contributed by atoms with E-state index in [1.54, 1.807) is 25.1 Å². The number of alkyl halides is 2. The lowest BCUT2D eigenvalue weighted by molar-refractivity contribution is -0.139. The van der Waals surface area contributed by atoms with E-state index in [-0.39, 0.29) is 45.2 Å². The molecule has 0 unspecified atom stereocenters. The van der Waals surface area contributed by atoms with Crippen LogP contribution in [-0.2, 0) is 32.7 Å². The van der Waals surface area contributed by atoms with Gasteiger partial charge in [0.15, 0.2) is 5.78 Å². The Morgan fingerprint density at radius 2 is 1.69 bits per heavy atom. The third kappa shape index (κ3) is 9.33. The molecule has 0 heterocycles. The van der Waals surface area contributed by atoms with Gasteiger partial charge >= 0.3 is 19.2 Å². The number of methoxy groups -OCH3 is 1. The normalized spacial score (nSPS) is 12.4. The van der Waals surface area contributed by atoms with Gasteiger partial charge in [0, 0.05) is 18.1 Å². The maximum atomic E-state index is 14.3.